The highest BCUT2D eigenvalue weighted by Gasteiger charge is 2.14. The minimum atomic E-state index is -1.47. The van der Waals surface area contributed by atoms with Crippen LogP contribution in [0.2, 0.25) is 5.15 Å². The highest BCUT2D eigenvalue weighted by atomic mass is 79.9. The van der Waals surface area contributed by atoms with Gasteiger partial charge in [0.1, 0.15) is 22.3 Å². The van der Waals surface area contributed by atoms with Gasteiger partial charge in [-0.2, -0.15) is 4.39 Å². The first kappa shape index (κ1) is 14.8. The highest BCUT2D eigenvalue weighted by molar-refractivity contribution is 9.10. The van der Waals surface area contributed by atoms with Crippen molar-refractivity contribution in [3.05, 3.63) is 45.2 Å². The quantitative estimate of drug-likeness (QED) is 0.362. The van der Waals surface area contributed by atoms with Gasteiger partial charge in [0.2, 0.25) is 0 Å². The van der Waals surface area contributed by atoms with Gasteiger partial charge in [0, 0.05) is 9.86 Å². The molecule has 2 heterocycles. The molecule has 0 fully saturated rings. The predicted molar refractivity (Wildman–Crippen MR) is 83.8 cm³/mol. The molecule has 0 N–H and O–H groups in total. The Morgan fingerprint density at radius 1 is 1.38 bits per heavy atom. The maximum absolute atomic E-state index is 14.0. The van der Waals surface area contributed by atoms with Crippen molar-refractivity contribution in [2.24, 2.45) is 4.40 Å². The van der Waals surface area contributed by atoms with Crippen molar-refractivity contribution < 1.29 is 13.4 Å². The van der Waals surface area contributed by atoms with Crippen molar-refractivity contribution in [3.63, 3.8) is 0 Å². The van der Waals surface area contributed by atoms with Crippen LogP contribution >= 0.6 is 27.5 Å². The Morgan fingerprint density at radius 3 is 2.86 bits per heavy atom. The van der Waals surface area contributed by atoms with Crippen LogP contribution in [0.15, 0.2) is 37.6 Å². The lowest BCUT2D eigenvalue weighted by atomic mass is 10.1. The van der Waals surface area contributed by atoms with E-state index in [0.29, 0.717) is 21.7 Å². The van der Waals surface area contributed by atoms with Crippen LogP contribution in [0.25, 0.3) is 21.9 Å². The average molecular weight is 390 g/mol. The first-order chi connectivity index (χ1) is 9.95. The predicted octanol–water partition coefficient (Wildman–Crippen LogP) is 3.73. The van der Waals surface area contributed by atoms with Crippen LogP contribution in [0.4, 0.5) is 4.39 Å². The average Bonchev–Trinajstić information content (AvgIpc) is 2.39. The van der Waals surface area contributed by atoms with Gasteiger partial charge in [0.25, 0.3) is 5.95 Å². The zero-order valence-electron chi connectivity index (χ0n) is 10.6. The van der Waals surface area contributed by atoms with Crippen LogP contribution < -0.4 is 5.36 Å². The Morgan fingerprint density at radius 2 is 2.14 bits per heavy atom. The molecule has 0 saturated carbocycles. The molecule has 4 nitrogen and oxygen atoms in total. The Hall–Kier alpha value is -1.15. The Labute approximate surface area is 135 Å². The smallest absolute Gasteiger partial charge is 0.258 e. The molecule has 0 aliphatic carbocycles. The number of nitrogens with zero attached hydrogens (tertiary/aromatic N) is 2. The molecule has 0 aliphatic heterocycles. The van der Waals surface area contributed by atoms with Crippen LogP contribution in [0.1, 0.15) is 0 Å². The van der Waals surface area contributed by atoms with Crippen molar-refractivity contribution in [1.29, 1.82) is 0 Å². The van der Waals surface area contributed by atoms with Crippen molar-refractivity contribution in [3.8, 4) is 0 Å². The lowest BCUT2D eigenvalue weighted by molar-refractivity contribution is 0.549. The van der Waals surface area contributed by atoms with E-state index in [0.717, 1.165) is 4.47 Å². The molecule has 3 rings (SSSR count). The summed E-state index contributed by atoms with van der Waals surface area (Å²) >= 11 is 7.68. The largest absolute Gasteiger partial charge is 0.591 e. The van der Waals surface area contributed by atoms with Crippen molar-refractivity contribution in [2.45, 2.75) is 0 Å². The maximum atomic E-state index is 14.0. The lowest BCUT2D eigenvalue weighted by Crippen LogP contribution is -2.10. The van der Waals surface area contributed by atoms with Crippen LogP contribution in [0.3, 0.4) is 0 Å². The molecule has 21 heavy (non-hydrogen) atoms. The number of rotatable bonds is 1. The Kier molecular flexibility index (Phi) is 3.92. The minimum absolute atomic E-state index is 0.0251. The molecular formula is C13H7BrClFN2O2S. The van der Waals surface area contributed by atoms with Crippen LogP contribution in [0.5, 0.6) is 0 Å². The molecule has 108 valence electrons. The van der Waals surface area contributed by atoms with Gasteiger partial charge in [0.15, 0.2) is 5.58 Å². The molecule has 1 unspecified atom stereocenters. The number of hydrogen-bond acceptors (Lipinski definition) is 4. The topological polar surface area (TPSA) is 61.5 Å². The summed E-state index contributed by atoms with van der Waals surface area (Å²) in [6, 6.07) is 6.63. The van der Waals surface area contributed by atoms with Crippen molar-refractivity contribution >= 4 is 60.8 Å². The second-order valence-electron chi connectivity index (χ2n) is 4.22. The fourth-order valence-electron chi connectivity index (χ4n) is 2.00. The summed E-state index contributed by atoms with van der Waals surface area (Å²) in [6.07, 6.45) is 1.43. The molecule has 1 aromatic carbocycles. The fourth-order valence-corrected chi connectivity index (χ4v) is 3.00. The number of pyridine rings is 1. The molecule has 8 heteroatoms. The highest BCUT2D eigenvalue weighted by Crippen LogP contribution is 2.24. The third-order valence-corrected chi connectivity index (χ3v) is 3.91. The molecule has 1 atom stereocenters. The molecule has 0 aliphatic rings. The normalized spacial score (nSPS) is 14.0. The van der Waals surface area contributed by atoms with Gasteiger partial charge in [-0.15, -0.1) is 0 Å². The number of hydrogen-bond donors (Lipinski definition) is 0. The van der Waals surface area contributed by atoms with Gasteiger partial charge in [-0.1, -0.05) is 31.9 Å². The monoisotopic (exact) mass is 388 g/mol. The number of benzene rings is 1. The Balaban J connectivity index is 2.62. The van der Waals surface area contributed by atoms with E-state index in [2.05, 4.69) is 25.3 Å². The van der Waals surface area contributed by atoms with Crippen molar-refractivity contribution in [2.75, 3.05) is 6.26 Å². The first-order valence-electron chi connectivity index (χ1n) is 5.72. The third-order valence-electron chi connectivity index (χ3n) is 2.78. The second kappa shape index (κ2) is 5.57. The van der Waals surface area contributed by atoms with Crippen molar-refractivity contribution in [1.82, 2.24) is 4.98 Å². The molecule has 0 spiro atoms. The van der Waals surface area contributed by atoms with E-state index in [1.807, 2.05) is 0 Å². The Bertz CT molecular complexity index is 929. The van der Waals surface area contributed by atoms with E-state index in [9.17, 15) is 8.94 Å². The van der Waals surface area contributed by atoms with E-state index in [1.165, 1.54) is 12.3 Å². The summed E-state index contributed by atoms with van der Waals surface area (Å²) in [4.78, 5) is 3.52. The summed E-state index contributed by atoms with van der Waals surface area (Å²) in [6.45, 7) is 0. The zero-order chi connectivity index (χ0) is 15.1. The molecule has 0 amide bonds. The van der Waals surface area contributed by atoms with Crippen LogP contribution in [0, 0.1) is 5.95 Å². The van der Waals surface area contributed by atoms with Gasteiger partial charge in [0.05, 0.1) is 16.7 Å². The minimum Gasteiger partial charge on any atom is -0.591 e. The summed E-state index contributed by atoms with van der Waals surface area (Å²) in [5.74, 6) is -0.833. The standard InChI is InChI=1S/C13H7BrClFN2O2S/c1-21(19)18-11-7-4-6(14)2-3-9(7)20-12-8(11)5-10(15)17-13(12)16/h2-5H,1H3/b18-11-. The summed E-state index contributed by atoms with van der Waals surface area (Å²) < 4.78 is 35.9. The zero-order valence-corrected chi connectivity index (χ0v) is 13.7. The summed E-state index contributed by atoms with van der Waals surface area (Å²) in [5, 5.41) is 1.27. The molecule has 0 saturated heterocycles. The summed E-state index contributed by atoms with van der Waals surface area (Å²) in [5.41, 5.74) is 0.344. The van der Waals surface area contributed by atoms with E-state index in [4.69, 9.17) is 16.0 Å². The third kappa shape index (κ3) is 2.78. The molecular weight excluding hydrogens is 383 g/mol. The maximum Gasteiger partial charge on any atom is 0.258 e. The number of fused-ring (bicyclic) bond motifs is 2. The van der Waals surface area contributed by atoms with Gasteiger partial charge >= 0.3 is 0 Å². The number of halogens is 3. The van der Waals surface area contributed by atoms with Gasteiger partial charge in [-0.05, 0) is 24.3 Å². The van der Waals surface area contributed by atoms with Gasteiger partial charge < -0.3 is 8.97 Å². The van der Waals surface area contributed by atoms with Gasteiger partial charge in [-0.25, -0.2) is 4.98 Å². The van der Waals surface area contributed by atoms with E-state index < -0.39 is 17.3 Å². The molecule has 2 aromatic heterocycles. The van der Waals surface area contributed by atoms with Crippen LogP contribution in [-0.4, -0.2) is 15.8 Å². The summed E-state index contributed by atoms with van der Waals surface area (Å²) in [7, 11) is 0. The van der Waals surface area contributed by atoms with Crippen LogP contribution in [-0.2, 0) is 11.4 Å². The molecule has 3 aromatic rings. The van der Waals surface area contributed by atoms with Gasteiger partial charge in [-0.3, -0.25) is 0 Å². The number of aromatic nitrogens is 1. The van der Waals surface area contributed by atoms with E-state index >= 15 is 0 Å². The fraction of sp³-hybridized carbons (Fsp3) is 0.0769. The van der Waals surface area contributed by atoms with E-state index in [1.54, 1.807) is 18.2 Å². The van der Waals surface area contributed by atoms with E-state index in [-0.39, 0.29) is 10.7 Å². The first-order valence-corrected chi connectivity index (χ1v) is 8.40. The lowest BCUT2D eigenvalue weighted by Gasteiger charge is -2.05. The SMILES string of the molecule is C[S+]([O-])/N=c1/c2cc(Br)ccc2oc2c(F)nc(Cl)cc12. The molecule has 0 bridgehead atoms. The second-order valence-corrected chi connectivity index (χ2v) is 6.55. The molecule has 0 radical (unpaired) electrons.